The number of carbonyl (C=O) groups is 1. The van der Waals surface area contributed by atoms with E-state index in [-0.39, 0.29) is 5.97 Å². The fourth-order valence-corrected chi connectivity index (χ4v) is 2.62. The lowest BCUT2D eigenvalue weighted by atomic mass is 10.3. The van der Waals surface area contributed by atoms with E-state index in [2.05, 4.69) is 54.4 Å². The third-order valence-electron chi connectivity index (χ3n) is 2.21. The van der Waals surface area contributed by atoms with Crippen LogP contribution in [0.1, 0.15) is 12.8 Å². The molecule has 0 saturated heterocycles. The molecule has 1 aromatic rings. The van der Waals surface area contributed by atoms with Gasteiger partial charge in [-0.15, -0.1) is 0 Å². The van der Waals surface area contributed by atoms with Gasteiger partial charge in [0.25, 0.3) is 0 Å². The van der Waals surface area contributed by atoms with Crippen LogP contribution < -0.4 is 4.74 Å². The number of esters is 1. The van der Waals surface area contributed by atoms with Gasteiger partial charge < -0.3 is 9.47 Å². The summed E-state index contributed by atoms with van der Waals surface area (Å²) >= 11 is 10.3. The summed E-state index contributed by atoms with van der Waals surface area (Å²) in [6.07, 6.45) is 2.73. The Bertz CT molecular complexity index is 461. The summed E-state index contributed by atoms with van der Waals surface area (Å²) in [6, 6.07) is 3.80. The molecule has 0 fully saturated rings. The van der Waals surface area contributed by atoms with Gasteiger partial charge in [0, 0.05) is 15.0 Å². The number of hydrogen-bond donors (Lipinski definition) is 0. The van der Waals surface area contributed by atoms with Gasteiger partial charge in [-0.2, -0.15) is 0 Å². The Kier molecular flexibility index (Phi) is 7.71. The zero-order chi connectivity index (χ0) is 14.3. The van der Waals surface area contributed by atoms with E-state index in [1.165, 1.54) is 0 Å². The van der Waals surface area contributed by atoms with E-state index < -0.39 is 0 Å². The molecule has 0 unspecified atom stereocenters. The second-order valence-electron chi connectivity index (χ2n) is 3.60. The Morgan fingerprint density at radius 2 is 1.84 bits per heavy atom. The predicted molar refractivity (Wildman–Crippen MR) is 85.4 cm³/mol. The maximum Gasteiger partial charge on any atom is 0.330 e. The Hall–Kier alpha value is -0.330. The molecule has 0 bridgehead atoms. The largest absolute Gasteiger partial charge is 0.492 e. The molecule has 0 N–H and O–H groups in total. The number of ether oxygens (including phenoxy) is 2. The van der Waals surface area contributed by atoms with Crippen LogP contribution in [-0.2, 0) is 9.53 Å². The first kappa shape index (κ1) is 16.7. The highest BCUT2D eigenvalue weighted by Crippen LogP contribution is 2.37. The molecule has 0 saturated carbocycles. The average Bonchev–Trinajstić information content (AvgIpc) is 2.41. The van der Waals surface area contributed by atoms with Crippen molar-refractivity contribution in [2.24, 2.45) is 0 Å². The summed E-state index contributed by atoms with van der Waals surface area (Å²) in [5.74, 6) is 0.388. The number of halogens is 3. The second-order valence-corrected chi connectivity index (χ2v) is 6.04. The molecule has 0 amide bonds. The van der Waals surface area contributed by atoms with Crippen LogP contribution in [0.25, 0.3) is 0 Å². The van der Waals surface area contributed by atoms with Crippen LogP contribution in [-0.4, -0.2) is 19.2 Å². The lowest BCUT2D eigenvalue weighted by molar-refractivity contribution is -0.137. The zero-order valence-corrected chi connectivity index (χ0v) is 14.9. The highest BCUT2D eigenvalue weighted by Gasteiger charge is 2.08. The van der Waals surface area contributed by atoms with Crippen molar-refractivity contribution in [1.29, 1.82) is 0 Å². The van der Waals surface area contributed by atoms with Crippen LogP contribution >= 0.6 is 47.8 Å². The molecule has 19 heavy (non-hydrogen) atoms. The third-order valence-corrected chi connectivity index (χ3v) is 5.54. The number of carbonyl (C=O) groups excluding carboxylic acids is 1. The molecule has 1 aromatic carbocycles. The summed E-state index contributed by atoms with van der Waals surface area (Å²) in [4.78, 5) is 10.8. The molecule has 0 heterocycles. The normalized spacial score (nSPS) is 10.1. The van der Waals surface area contributed by atoms with Crippen molar-refractivity contribution in [3.8, 4) is 5.75 Å². The second kappa shape index (κ2) is 8.76. The molecule has 0 aliphatic rings. The van der Waals surface area contributed by atoms with Crippen LogP contribution in [0.3, 0.4) is 0 Å². The molecule has 0 aliphatic carbocycles. The van der Waals surface area contributed by atoms with Crippen LogP contribution in [0, 0.1) is 0 Å². The summed E-state index contributed by atoms with van der Waals surface area (Å²) in [6.45, 7) is 4.28. The monoisotopic (exact) mass is 454 g/mol. The zero-order valence-electron chi connectivity index (χ0n) is 10.1. The van der Waals surface area contributed by atoms with Crippen molar-refractivity contribution >= 4 is 53.8 Å². The molecule has 1 rings (SSSR count). The minimum atomic E-state index is -0.388. The standard InChI is InChI=1S/C13H13Br3O3/c1-2-11(17)19-8-4-3-7-18-10-6-5-9(14)12(15)13(10)16/h2,5-6H,1,3-4,7-8H2. The fourth-order valence-electron chi connectivity index (χ4n) is 1.24. The SMILES string of the molecule is C=CC(=O)OCCCCOc1ccc(Br)c(Br)c1Br. The topological polar surface area (TPSA) is 35.5 Å². The van der Waals surface area contributed by atoms with Crippen molar-refractivity contribution < 1.29 is 14.3 Å². The Balaban J connectivity index is 2.28. The number of hydrogen-bond acceptors (Lipinski definition) is 3. The number of benzene rings is 1. The summed E-state index contributed by atoms with van der Waals surface area (Å²) in [5, 5.41) is 0. The van der Waals surface area contributed by atoms with Gasteiger partial charge in [-0.05, 0) is 72.8 Å². The Morgan fingerprint density at radius 3 is 2.53 bits per heavy atom. The van der Waals surface area contributed by atoms with Crippen molar-refractivity contribution in [1.82, 2.24) is 0 Å². The van der Waals surface area contributed by atoms with Crippen LogP contribution in [0.4, 0.5) is 0 Å². The van der Waals surface area contributed by atoms with Crippen molar-refractivity contribution in [2.75, 3.05) is 13.2 Å². The molecule has 0 spiro atoms. The lowest BCUT2D eigenvalue weighted by Crippen LogP contribution is -2.04. The maximum absolute atomic E-state index is 10.8. The van der Waals surface area contributed by atoms with Crippen LogP contribution in [0.2, 0.25) is 0 Å². The molecule has 0 aromatic heterocycles. The smallest absolute Gasteiger partial charge is 0.330 e. The minimum Gasteiger partial charge on any atom is -0.492 e. The van der Waals surface area contributed by atoms with E-state index >= 15 is 0 Å². The van der Waals surface area contributed by atoms with Gasteiger partial charge in [0.15, 0.2) is 0 Å². The van der Waals surface area contributed by atoms with E-state index in [9.17, 15) is 4.79 Å². The van der Waals surface area contributed by atoms with Gasteiger partial charge in [0.05, 0.1) is 17.7 Å². The number of rotatable bonds is 7. The van der Waals surface area contributed by atoms with E-state index in [4.69, 9.17) is 9.47 Å². The fraction of sp³-hybridized carbons (Fsp3) is 0.308. The van der Waals surface area contributed by atoms with E-state index in [0.29, 0.717) is 13.2 Å². The van der Waals surface area contributed by atoms with Crippen molar-refractivity contribution in [3.05, 3.63) is 38.2 Å². The van der Waals surface area contributed by atoms with Gasteiger partial charge in [-0.3, -0.25) is 0 Å². The quantitative estimate of drug-likeness (QED) is 0.254. The first-order valence-electron chi connectivity index (χ1n) is 5.61. The lowest BCUT2D eigenvalue weighted by Gasteiger charge is -2.10. The van der Waals surface area contributed by atoms with E-state index in [1.807, 2.05) is 12.1 Å². The van der Waals surface area contributed by atoms with E-state index in [0.717, 1.165) is 38.1 Å². The molecule has 0 atom stereocenters. The summed E-state index contributed by atoms with van der Waals surface area (Å²) in [5.41, 5.74) is 0. The van der Waals surface area contributed by atoms with Gasteiger partial charge in [0.2, 0.25) is 0 Å². The first-order valence-corrected chi connectivity index (χ1v) is 7.99. The molecule has 104 valence electrons. The van der Waals surface area contributed by atoms with Crippen LogP contribution in [0.5, 0.6) is 5.75 Å². The maximum atomic E-state index is 10.8. The highest BCUT2D eigenvalue weighted by atomic mass is 79.9. The van der Waals surface area contributed by atoms with Crippen molar-refractivity contribution in [2.45, 2.75) is 12.8 Å². The Morgan fingerprint density at radius 1 is 1.16 bits per heavy atom. The predicted octanol–water partition coefficient (Wildman–Crippen LogP) is 4.86. The minimum absolute atomic E-state index is 0.388. The van der Waals surface area contributed by atoms with Gasteiger partial charge in [0.1, 0.15) is 5.75 Å². The van der Waals surface area contributed by atoms with Crippen molar-refractivity contribution in [3.63, 3.8) is 0 Å². The van der Waals surface area contributed by atoms with Crippen LogP contribution in [0.15, 0.2) is 38.2 Å². The molecular formula is C13H13Br3O3. The van der Waals surface area contributed by atoms with Gasteiger partial charge in [-0.1, -0.05) is 6.58 Å². The highest BCUT2D eigenvalue weighted by molar-refractivity contribution is 9.14. The molecule has 0 radical (unpaired) electrons. The molecule has 6 heteroatoms. The van der Waals surface area contributed by atoms with E-state index in [1.54, 1.807) is 0 Å². The molecule has 0 aliphatic heterocycles. The molecule has 3 nitrogen and oxygen atoms in total. The van der Waals surface area contributed by atoms with Gasteiger partial charge >= 0.3 is 5.97 Å². The molecular weight excluding hydrogens is 444 g/mol. The first-order chi connectivity index (χ1) is 9.06. The number of unbranched alkanes of at least 4 members (excludes halogenated alkanes) is 1. The third kappa shape index (κ3) is 5.67. The summed E-state index contributed by atoms with van der Waals surface area (Å²) < 4.78 is 13.3. The summed E-state index contributed by atoms with van der Waals surface area (Å²) in [7, 11) is 0. The average molecular weight is 457 g/mol. The van der Waals surface area contributed by atoms with Gasteiger partial charge in [-0.25, -0.2) is 4.79 Å². The Labute approximate surface area is 137 Å².